The van der Waals surface area contributed by atoms with E-state index in [0.29, 0.717) is 27.8 Å². The van der Waals surface area contributed by atoms with Gasteiger partial charge in [-0.15, -0.1) is 23.1 Å². The summed E-state index contributed by atoms with van der Waals surface area (Å²) in [6.45, 7) is 0. The number of H-pyrrole nitrogens is 1. The van der Waals surface area contributed by atoms with Crippen molar-refractivity contribution in [3.8, 4) is 0 Å². The number of β-lactam (4-membered cyclic amide) rings is 1. The van der Waals surface area contributed by atoms with Gasteiger partial charge in [0.25, 0.3) is 5.91 Å². The third kappa shape index (κ3) is 4.18. The number of aromatic carboxylic acids is 1. The minimum absolute atomic E-state index is 0.0720. The second-order valence-corrected chi connectivity index (χ2v) is 9.53. The van der Waals surface area contributed by atoms with Gasteiger partial charge in [0.2, 0.25) is 5.91 Å². The summed E-state index contributed by atoms with van der Waals surface area (Å²) in [6.07, 6.45) is 1.18. The molecule has 4 rings (SSSR count). The standard InChI is InChI=1S/C17H15N5O6S3/c23-9(3-7-1-2-29-12(7)16(27)28)20-10-13(24)22-11(15(25)26)8(4-30-14(10)22)5-31-17-18-6-19-21-17/h1-2,6,10,14H,3-5H2,(H,20,23)(H,25,26)(H,27,28)(H,18,19,21)/t10?,14-/m1/s1. The van der Waals surface area contributed by atoms with E-state index in [1.54, 1.807) is 11.4 Å². The highest BCUT2D eigenvalue weighted by Crippen LogP contribution is 2.41. The molecule has 2 atom stereocenters. The van der Waals surface area contributed by atoms with Crippen molar-refractivity contribution in [1.29, 1.82) is 0 Å². The number of fused-ring (bicyclic) bond motifs is 1. The minimum Gasteiger partial charge on any atom is -0.477 e. The van der Waals surface area contributed by atoms with E-state index < -0.39 is 35.2 Å². The van der Waals surface area contributed by atoms with Crippen molar-refractivity contribution in [2.75, 3.05) is 11.5 Å². The summed E-state index contributed by atoms with van der Waals surface area (Å²) in [7, 11) is 0. The molecule has 2 aromatic rings. The monoisotopic (exact) mass is 481 g/mol. The third-order valence-electron chi connectivity index (χ3n) is 4.63. The Morgan fingerprint density at radius 2 is 2.13 bits per heavy atom. The topological polar surface area (TPSA) is 166 Å². The van der Waals surface area contributed by atoms with E-state index in [0.717, 1.165) is 11.3 Å². The first-order chi connectivity index (χ1) is 14.9. The third-order valence-corrected chi connectivity index (χ3v) is 7.88. The maximum Gasteiger partial charge on any atom is 0.352 e. The average Bonchev–Trinajstić information content (AvgIpc) is 3.41. The molecule has 2 amide bonds. The number of aliphatic carboxylic acids is 1. The van der Waals surface area contributed by atoms with Crippen LogP contribution in [0.5, 0.6) is 0 Å². The van der Waals surface area contributed by atoms with Crippen molar-refractivity contribution >= 4 is 58.6 Å². The van der Waals surface area contributed by atoms with E-state index in [1.165, 1.54) is 34.8 Å². The van der Waals surface area contributed by atoms with Crippen LogP contribution in [0.4, 0.5) is 0 Å². The van der Waals surface area contributed by atoms with Crippen LogP contribution in [0.15, 0.2) is 34.2 Å². The molecule has 162 valence electrons. The molecule has 1 saturated heterocycles. The lowest BCUT2D eigenvalue weighted by molar-refractivity contribution is -0.150. The van der Waals surface area contributed by atoms with Crippen LogP contribution in [-0.4, -0.2) is 77.0 Å². The molecule has 1 fully saturated rings. The molecule has 14 heteroatoms. The molecule has 0 radical (unpaired) electrons. The number of carboxylic acid groups (broad SMARTS) is 2. The fourth-order valence-corrected chi connectivity index (χ4v) is 6.30. The van der Waals surface area contributed by atoms with Gasteiger partial charge in [0.05, 0.1) is 6.42 Å². The lowest BCUT2D eigenvalue weighted by atomic mass is 10.0. The largest absolute Gasteiger partial charge is 0.477 e. The molecule has 31 heavy (non-hydrogen) atoms. The van der Waals surface area contributed by atoms with Gasteiger partial charge in [-0.25, -0.2) is 14.6 Å². The number of aromatic nitrogens is 3. The van der Waals surface area contributed by atoms with Crippen molar-refractivity contribution < 1.29 is 29.4 Å². The first-order valence-electron chi connectivity index (χ1n) is 8.84. The summed E-state index contributed by atoms with van der Waals surface area (Å²) in [6, 6.07) is 0.698. The predicted octanol–water partition coefficient (Wildman–Crippen LogP) is 0.638. The molecule has 2 aliphatic rings. The maximum absolute atomic E-state index is 12.7. The summed E-state index contributed by atoms with van der Waals surface area (Å²) in [5, 5.41) is 29.5. The van der Waals surface area contributed by atoms with Crippen LogP contribution in [0.1, 0.15) is 15.2 Å². The molecule has 0 aliphatic carbocycles. The first kappa shape index (κ1) is 21.4. The van der Waals surface area contributed by atoms with Gasteiger partial charge in [0.15, 0.2) is 5.16 Å². The van der Waals surface area contributed by atoms with Crippen molar-refractivity contribution in [1.82, 2.24) is 25.4 Å². The molecule has 0 saturated carbocycles. The molecule has 2 aliphatic heterocycles. The van der Waals surface area contributed by atoms with Crippen molar-refractivity contribution in [3.63, 3.8) is 0 Å². The Balaban J connectivity index is 1.43. The van der Waals surface area contributed by atoms with E-state index >= 15 is 0 Å². The van der Waals surface area contributed by atoms with E-state index in [2.05, 4.69) is 20.5 Å². The van der Waals surface area contributed by atoms with Gasteiger partial charge in [-0.1, -0.05) is 11.8 Å². The highest BCUT2D eigenvalue weighted by Gasteiger charge is 2.54. The summed E-state index contributed by atoms with van der Waals surface area (Å²) < 4.78 is 0. The Hall–Kier alpha value is -2.84. The number of hydrogen-bond donors (Lipinski definition) is 4. The van der Waals surface area contributed by atoms with Gasteiger partial charge < -0.3 is 15.5 Å². The van der Waals surface area contributed by atoms with Gasteiger partial charge in [-0.05, 0) is 22.6 Å². The van der Waals surface area contributed by atoms with Crippen molar-refractivity contribution in [2.45, 2.75) is 23.0 Å². The maximum atomic E-state index is 12.7. The number of nitrogens with one attached hydrogen (secondary N) is 2. The molecule has 4 heterocycles. The number of thioether (sulfide) groups is 2. The molecule has 0 bridgehead atoms. The van der Waals surface area contributed by atoms with Gasteiger partial charge in [0, 0.05) is 11.5 Å². The second kappa shape index (κ2) is 8.72. The van der Waals surface area contributed by atoms with Gasteiger partial charge in [0.1, 0.15) is 28.3 Å². The average molecular weight is 482 g/mol. The number of carbonyl (C=O) groups is 4. The lowest BCUT2D eigenvalue weighted by Crippen LogP contribution is -2.70. The van der Waals surface area contributed by atoms with Crippen LogP contribution in [0.3, 0.4) is 0 Å². The molecule has 2 aromatic heterocycles. The summed E-state index contributed by atoms with van der Waals surface area (Å²) in [5.74, 6) is -2.61. The minimum atomic E-state index is -1.21. The predicted molar refractivity (Wildman–Crippen MR) is 112 cm³/mol. The number of rotatable bonds is 8. The van der Waals surface area contributed by atoms with Crippen LogP contribution in [0, 0.1) is 0 Å². The molecule has 4 N–H and O–H groups in total. The smallest absolute Gasteiger partial charge is 0.352 e. The highest BCUT2D eigenvalue weighted by molar-refractivity contribution is 8.01. The normalized spacial score (nSPS) is 20.3. The van der Waals surface area contributed by atoms with E-state index in [9.17, 15) is 24.3 Å². The fourth-order valence-electron chi connectivity index (χ4n) is 3.27. The van der Waals surface area contributed by atoms with Crippen LogP contribution in [-0.2, 0) is 20.8 Å². The van der Waals surface area contributed by atoms with Gasteiger partial charge in [-0.2, -0.15) is 5.10 Å². The zero-order valence-corrected chi connectivity index (χ0v) is 18.1. The van der Waals surface area contributed by atoms with E-state index in [-0.39, 0.29) is 17.0 Å². The SMILES string of the molecule is O=C(Cc1ccsc1C(=O)O)NC1C(=O)N2C(C(=O)O)=C(CSc3ncn[nH]3)CS[C@H]12. The fraction of sp³-hybridized carbons (Fsp3) is 0.294. The van der Waals surface area contributed by atoms with Crippen LogP contribution in [0.2, 0.25) is 0 Å². The van der Waals surface area contributed by atoms with Crippen LogP contribution < -0.4 is 5.32 Å². The molecule has 0 aromatic carbocycles. The van der Waals surface area contributed by atoms with Gasteiger partial charge >= 0.3 is 11.9 Å². The van der Waals surface area contributed by atoms with Crippen molar-refractivity contribution in [3.05, 3.63) is 39.5 Å². The van der Waals surface area contributed by atoms with E-state index in [4.69, 9.17) is 5.11 Å². The Kier molecular flexibility index (Phi) is 6.02. The molecule has 11 nitrogen and oxygen atoms in total. The quantitative estimate of drug-likeness (QED) is 0.310. The summed E-state index contributed by atoms with van der Waals surface area (Å²) in [5.41, 5.74) is 0.877. The number of hydrogen-bond acceptors (Lipinski definition) is 9. The van der Waals surface area contributed by atoms with E-state index in [1.807, 2.05) is 0 Å². The summed E-state index contributed by atoms with van der Waals surface area (Å²) in [4.78, 5) is 53.4. The number of carboxylic acids is 2. The highest BCUT2D eigenvalue weighted by atomic mass is 32.2. The lowest BCUT2D eigenvalue weighted by Gasteiger charge is -2.49. The van der Waals surface area contributed by atoms with Gasteiger partial charge in [-0.3, -0.25) is 19.6 Å². The van der Waals surface area contributed by atoms with Crippen LogP contribution >= 0.6 is 34.9 Å². The summed E-state index contributed by atoms with van der Waals surface area (Å²) >= 11 is 3.67. The Labute approximate surface area is 187 Å². The molecular formula is C17H15N5O6S3. The Morgan fingerprint density at radius 3 is 2.81 bits per heavy atom. The number of aromatic amines is 1. The Bertz CT molecular complexity index is 1080. The number of amides is 2. The van der Waals surface area contributed by atoms with Crippen molar-refractivity contribution in [2.24, 2.45) is 0 Å². The molecule has 0 spiro atoms. The Morgan fingerprint density at radius 1 is 1.32 bits per heavy atom. The second-order valence-electron chi connectivity index (χ2n) is 6.55. The number of carbonyl (C=O) groups excluding carboxylic acids is 2. The zero-order chi connectivity index (χ0) is 22.1. The molecule has 1 unspecified atom stereocenters. The zero-order valence-electron chi connectivity index (χ0n) is 15.6. The molecular weight excluding hydrogens is 466 g/mol. The number of nitrogens with zero attached hydrogens (tertiary/aromatic N) is 3. The number of thiophene rings is 1. The van der Waals surface area contributed by atoms with Crippen LogP contribution in [0.25, 0.3) is 0 Å². The first-order valence-corrected chi connectivity index (χ1v) is 11.8.